The largest absolute Gasteiger partial charge is 0.573 e. The Balaban J connectivity index is 0.00000242. The van der Waals surface area contributed by atoms with Crippen LogP contribution in [-0.4, -0.2) is 12.9 Å². The molecule has 22 heavy (non-hydrogen) atoms. The fraction of sp³-hybridized carbons (Fsp3) is 0.250. The zero-order valence-electron chi connectivity index (χ0n) is 12.0. The Morgan fingerprint density at radius 3 is 2.45 bits per heavy atom. The predicted octanol–water partition coefficient (Wildman–Crippen LogP) is 4.48. The highest BCUT2D eigenvalue weighted by atomic mass is 35.5. The lowest BCUT2D eigenvalue weighted by atomic mass is 9.95. The molecule has 0 fully saturated rings. The van der Waals surface area contributed by atoms with E-state index in [0.29, 0.717) is 18.5 Å². The molecule has 0 radical (unpaired) electrons. The molecule has 0 aliphatic rings. The first kappa shape index (κ1) is 18.3. The second-order valence-corrected chi connectivity index (χ2v) is 4.77. The monoisotopic (exact) mass is 331 g/mol. The van der Waals surface area contributed by atoms with Crippen LogP contribution in [0.3, 0.4) is 0 Å². The summed E-state index contributed by atoms with van der Waals surface area (Å²) in [5.74, 6) is -0.222. The summed E-state index contributed by atoms with van der Waals surface area (Å²) < 4.78 is 40.9. The summed E-state index contributed by atoms with van der Waals surface area (Å²) in [4.78, 5) is 0. The third-order valence-electron chi connectivity index (χ3n) is 3.06. The minimum absolute atomic E-state index is 0. The zero-order chi connectivity index (χ0) is 15.5. The average Bonchev–Trinajstić information content (AvgIpc) is 2.39. The van der Waals surface area contributed by atoms with E-state index in [0.717, 1.165) is 16.7 Å². The van der Waals surface area contributed by atoms with Gasteiger partial charge in [-0.1, -0.05) is 35.9 Å². The Bertz CT molecular complexity index is 629. The van der Waals surface area contributed by atoms with Crippen molar-refractivity contribution in [3.63, 3.8) is 0 Å². The van der Waals surface area contributed by atoms with Gasteiger partial charge in [-0.2, -0.15) is 0 Å². The van der Waals surface area contributed by atoms with E-state index in [4.69, 9.17) is 5.73 Å². The van der Waals surface area contributed by atoms with E-state index in [1.807, 2.05) is 25.1 Å². The van der Waals surface area contributed by atoms with E-state index in [-0.39, 0.29) is 18.2 Å². The smallest absolute Gasteiger partial charge is 0.406 e. The van der Waals surface area contributed by atoms with E-state index in [9.17, 15) is 13.2 Å². The standard InChI is InChI=1S/C16H16F3NO.ClH/c1-11-5-6-12(7-8-20)15(9-11)13-3-2-4-14(10-13)21-16(17,18)19;/h2-6,9-10H,7-8,20H2,1H3;1H. The number of benzene rings is 2. The zero-order valence-corrected chi connectivity index (χ0v) is 12.8. The third kappa shape index (κ3) is 4.93. The van der Waals surface area contributed by atoms with Crippen molar-refractivity contribution in [2.45, 2.75) is 19.7 Å². The summed E-state index contributed by atoms with van der Waals surface area (Å²) in [5, 5.41) is 0. The van der Waals surface area contributed by atoms with E-state index >= 15 is 0 Å². The minimum atomic E-state index is -4.69. The number of nitrogens with two attached hydrogens (primary N) is 1. The summed E-state index contributed by atoms with van der Waals surface area (Å²) >= 11 is 0. The van der Waals surface area contributed by atoms with Crippen molar-refractivity contribution < 1.29 is 17.9 Å². The highest BCUT2D eigenvalue weighted by molar-refractivity contribution is 5.85. The molecule has 0 aliphatic heterocycles. The number of hydrogen-bond donors (Lipinski definition) is 1. The van der Waals surface area contributed by atoms with Gasteiger partial charge in [-0.3, -0.25) is 0 Å². The molecule has 0 bridgehead atoms. The van der Waals surface area contributed by atoms with E-state index in [1.165, 1.54) is 12.1 Å². The molecule has 2 aromatic rings. The fourth-order valence-corrected chi connectivity index (χ4v) is 2.19. The number of halogens is 4. The number of aryl methyl sites for hydroxylation is 1. The molecule has 0 aliphatic carbocycles. The van der Waals surface area contributed by atoms with Gasteiger partial charge in [0.2, 0.25) is 0 Å². The van der Waals surface area contributed by atoms with E-state index in [2.05, 4.69) is 4.74 Å². The first-order valence-corrected chi connectivity index (χ1v) is 6.55. The van der Waals surface area contributed by atoms with Crippen molar-refractivity contribution in [2.24, 2.45) is 5.73 Å². The number of alkyl halides is 3. The molecule has 2 rings (SSSR count). The number of rotatable bonds is 4. The predicted molar refractivity (Wildman–Crippen MR) is 83.3 cm³/mol. The Morgan fingerprint density at radius 2 is 1.82 bits per heavy atom. The molecular formula is C16H17ClF3NO. The molecule has 0 saturated heterocycles. The first-order valence-electron chi connectivity index (χ1n) is 6.55. The Labute approximate surface area is 133 Å². The SMILES string of the molecule is Cc1ccc(CCN)c(-c2cccc(OC(F)(F)F)c2)c1.Cl. The van der Waals surface area contributed by atoms with Crippen LogP contribution in [0.25, 0.3) is 11.1 Å². The van der Waals surface area contributed by atoms with Gasteiger partial charge >= 0.3 is 6.36 Å². The van der Waals surface area contributed by atoms with Crippen LogP contribution in [0.5, 0.6) is 5.75 Å². The molecule has 0 atom stereocenters. The molecule has 0 amide bonds. The second-order valence-electron chi connectivity index (χ2n) is 4.77. The summed E-state index contributed by atoms with van der Waals surface area (Å²) in [6, 6.07) is 11.8. The van der Waals surface area contributed by atoms with Crippen LogP contribution in [0.15, 0.2) is 42.5 Å². The van der Waals surface area contributed by atoms with Crippen LogP contribution in [0, 0.1) is 6.92 Å². The van der Waals surface area contributed by atoms with Gasteiger partial charge < -0.3 is 10.5 Å². The van der Waals surface area contributed by atoms with Crippen molar-refractivity contribution in [1.82, 2.24) is 0 Å². The normalized spacial score (nSPS) is 11.0. The van der Waals surface area contributed by atoms with Crippen molar-refractivity contribution in [2.75, 3.05) is 6.54 Å². The molecule has 0 aromatic heterocycles. The summed E-state index contributed by atoms with van der Waals surface area (Å²) in [6.07, 6.45) is -4.02. The third-order valence-corrected chi connectivity index (χ3v) is 3.06. The molecule has 0 saturated carbocycles. The maximum absolute atomic E-state index is 12.3. The number of ether oxygens (including phenoxy) is 1. The molecule has 2 N–H and O–H groups in total. The van der Waals surface area contributed by atoms with Crippen LogP contribution in [0.1, 0.15) is 11.1 Å². The summed E-state index contributed by atoms with van der Waals surface area (Å²) in [7, 11) is 0. The average molecular weight is 332 g/mol. The van der Waals surface area contributed by atoms with Gasteiger partial charge in [-0.25, -0.2) is 0 Å². The van der Waals surface area contributed by atoms with E-state index < -0.39 is 6.36 Å². The Kier molecular flexibility index (Phi) is 6.26. The lowest BCUT2D eigenvalue weighted by molar-refractivity contribution is -0.274. The van der Waals surface area contributed by atoms with E-state index in [1.54, 1.807) is 12.1 Å². The van der Waals surface area contributed by atoms with Crippen LogP contribution in [-0.2, 0) is 6.42 Å². The van der Waals surface area contributed by atoms with Gasteiger partial charge in [0.25, 0.3) is 0 Å². The van der Waals surface area contributed by atoms with Crippen molar-refractivity contribution >= 4 is 12.4 Å². The topological polar surface area (TPSA) is 35.2 Å². The lowest BCUT2D eigenvalue weighted by Crippen LogP contribution is -2.17. The molecule has 2 nitrogen and oxygen atoms in total. The number of hydrogen-bond acceptors (Lipinski definition) is 2. The molecule has 2 aromatic carbocycles. The molecule has 6 heteroatoms. The molecule has 0 unspecified atom stereocenters. The minimum Gasteiger partial charge on any atom is -0.406 e. The summed E-state index contributed by atoms with van der Waals surface area (Å²) in [6.45, 7) is 2.42. The van der Waals surface area contributed by atoms with Crippen molar-refractivity contribution in [1.29, 1.82) is 0 Å². The Morgan fingerprint density at radius 1 is 1.09 bits per heavy atom. The van der Waals surface area contributed by atoms with Gasteiger partial charge in [-0.05, 0) is 48.7 Å². The van der Waals surface area contributed by atoms with Crippen LogP contribution in [0.4, 0.5) is 13.2 Å². The lowest BCUT2D eigenvalue weighted by Gasteiger charge is -2.13. The summed E-state index contributed by atoms with van der Waals surface area (Å²) in [5.41, 5.74) is 9.19. The van der Waals surface area contributed by atoms with Crippen LogP contribution < -0.4 is 10.5 Å². The van der Waals surface area contributed by atoms with Gasteiger partial charge in [0.15, 0.2) is 0 Å². The Hall–Kier alpha value is -1.72. The maximum atomic E-state index is 12.3. The highest BCUT2D eigenvalue weighted by Crippen LogP contribution is 2.30. The van der Waals surface area contributed by atoms with Crippen molar-refractivity contribution in [3.8, 4) is 16.9 Å². The fourth-order valence-electron chi connectivity index (χ4n) is 2.19. The van der Waals surface area contributed by atoms with Gasteiger partial charge in [-0.15, -0.1) is 25.6 Å². The van der Waals surface area contributed by atoms with Gasteiger partial charge in [0.1, 0.15) is 5.75 Å². The first-order chi connectivity index (χ1) is 9.89. The van der Waals surface area contributed by atoms with Gasteiger partial charge in [0.05, 0.1) is 0 Å². The molecule has 0 heterocycles. The van der Waals surface area contributed by atoms with Crippen molar-refractivity contribution in [3.05, 3.63) is 53.6 Å². The quantitative estimate of drug-likeness (QED) is 0.896. The molecule has 120 valence electrons. The second kappa shape index (κ2) is 7.51. The molecule has 0 spiro atoms. The van der Waals surface area contributed by atoms with Crippen LogP contribution >= 0.6 is 12.4 Å². The highest BCUT2D eigenvalue weighted by Gasteiger charge is 2.31. The van der Waals surface area contributed by atoms with Gasteiger partial charge in [0, 0.05) is 0 Å². The maximum Gasteiger partial charge on any atom is 0.573 e. The molecular weight excluding hydrogens is 315 g/mol. The van der Waals surface area contributed by atoms with Crippen LogP contribution in [0.2, 0.25) is 0 Å².